The first-order valence-electron chi connectivity index (χ1n) is 6.08. The fourth-order valence-corrected chi connectivity index (χ4v) is 2.75. The van der Waals surface area contributed by atoms with Gasteiger partial charge in [-0.25, -0.2) is 13.1 Å². The quantitative estimate of drug-likeness (QED) is 0.801. The Hall–Kier alpha value is -1.15. The number of morpholine rings is 1. The molecule has 0 amide bonds. The van der Waals surface area contributed by atoms with Gasteiger partial charge in [-0.1, -0.05) is 0 Å². The van der Waals surface area contributed by atoms with Crippen LogP contribution in [0.25, 0.3) is 0 Å². The molecule has 19 heavy (non-hydrogen) atoms. The van der Waals surface area contributed by atoms with E-state index >= 15 is 0 Å². The molecule has 0 aromatic heterocycles. The highest BCUT2D eigenvalue weighted by Crippen LogP contribution is 2.20. The number of ether oxygens (including phenoxy) is 1. The molecule has 106 valence electrons. The molecule has 0 spiro atoms. The van der Waals surface area contributed by atoms with Crippen LogP contribution < -0.4 is 9.62 Å². The molecule has 1 aliphatic rings. The number of hydrogen-bond acceptors (Lipinski definition) is 5. The minimum Gasteiger partial charge on any atom is -0.394 e. The van der Waals surface area contributed by atoms with Crippen molar-refractivity contribution in [3.8, 4) is 0 Å². The first kappa shape index (κ1) is 14.3. The van der Waals surface area contributed by atoms with Crippen molar-refractivity contribution in [3.05, 3.63) is 24.3 Å². The van der Waals surface area contributed by atoms with Gasteiger partial charge in [-0.15, -0.1) is 0 Å². The Labute approximate surface area is 113 Å². The van der Waals surface area contributed by atoms with E-state index in [0.29, 0.717) is 13.2 Å². The number of aliphatic hydroxyl groups is 1. The van der Waals surface area contributed by atoms with Crippen LogP contribution in [0.3, 0.4) is 0 Å². The lowest BCUT2D eigenvalue weighted by Crippen LogP contribution is -2.44. The number of nitrogens with zero attached hydrogens (tertiary/aromatic N) is 1. The maximum atomic E-state index is 11.6. The minimum atomic E-state index is -3.39. The lowest BCUT2D eigenvalue weighted by molar-refractivity contribution is 0.00356. The first-order chi connectivity index (χ1) is 9.06. The minimum absolute atomic E-state index is 0.0112. The summed E-state index contributed by atoms with van der Waals surface area (Å²) in [5.41, 5.74) is 0.928. The van der Waals surface area contributed by atoms with Crippen LogP contribution in [0.1, 0.15) is 0 Å². The van der Waals surface area contributed by atoms with Crippen LogP contribution in [0.5, 0.6) is 0 Å². The molecule has 2 rings (SSSR count). The Balaban J connectivity index is 2.14. The van der Waals surface area contributed by atoms with E-state index in [1.807, 2.05) is 0 Å². The van der Waals surface area contributed by atoms with E-state index in [9.17, 15) is 8.42 Å². The van der Waals surface area contributed by atoms with Crippen LogP contribution in [-0.4, -0.2) is 53.0 Å². The summed E-state index contributed by atoms with van der Waals surface area (Å²) in [6.45, 7) is 1.88. The number of hydrogen-bond donors (Lipinski definition) is 2. The predicted octanol–water partition coefficient (Wildman–Crippen LogP) is -0.208. The van der Waals surface area contributed by atoms with Gasteiger partial charge in [0.05, 0.1) is 24.2 Å². The fourth-order valence-electron chi connectivity index (χ4n) is 2.02. The zero-order valence-corrected chi connectivity index (χ0v) is 11.6. The van der Waals surface area contributed by atoms with Crippen molar-refractivity contribution in [2.75, 3.05) is 38.3 Å². The van der Waals surface area contributed by atoms with Gasteiger partial charge in [-0.05, 0) is 31.3 Å². The van der Waals surface area contributed by atoms with E-state index in [1.54, 1.807) is 24.3 Å². The number of anilines is 1. The third-order valence-corrected chi connectivity index (χ3v) is 4.55. The predicted molar refractivity (Wildman–Crippen MR) is 71.7 cm³/mol. The molecule has 6 nitrogen and oxygen atoms in total. The topological polar surface area (TPSA) is 78.9 Å². The number of sulfonamides is 1. The summed E-state index contributed by atoms with van der Waals surface area (Å²) >= 11 is 0. The zero-order valence-electron chi connectivity index (χ0n) is 10.7. The maximum Gasteiger partial charge on any atom is 0.240 e. The van der Waals surface area contributed by atoms with Crippen LogP contribution in [0.4, 0.5) is 5.69 Å². The molecule has 0 bridgehead atoms. The number of benzene rings is 1. The summed E-state index contributed by atoms with van der Waals surface area (Å²) < 4.78 is 30.9. The standard InChI is InChI=1S/C12H18N2O4S/c1-13-19(16,17)12-4-2-10(3-5-12)14-6-7-18-11(8-14)9-15/h2-5,11,13,15H,6-9H2,1H3. The Morgan fingerprint density at radius 1 is 1.42 bits per heavy atom. The number of nitrogens with one attached hydrogen (secondary N) is 1. The smallest absolute Gasteiger partial charge is 0.240 e. The monoisotopic (exact) mass is 286 g/mol. The molecule has 7 heteroatoms. The Morgan fingerprint density at radius 3 is 2.68 bits per heavy atom. The average Bonchev–Trinajstić information content (AvgIpc) is 2.47. The molecular formula is C12H18N2O4S. The third kappa shape index (κ3) is 3.24. The van der Waals surface area contributed by atoms with E-state index < -0.39 is 10.0 Å². The molecule has 2 N–H and O–H groups in total. The Bertz CT molecular complexity index is 515. The third-order valence-electron chi connectivity index (χ3n) is 3.12. The van der Waals surface area contributed by atoms with Crippen molar-refractivity contribution < 1.29 is 18.3 Å². The Morgan fingerprint density at radius 2 is 2.11 bits per heavy atom. The average molecular weight is 286 g/mol. The summed E-state index contributed by atoms with van der Waals surface area (Å²) in [6.07, 6.45) is -0.186. The lowest BCUT2D eigenvalue weighted by atomic mass is 10.2. The molecule has 1 heterocycles. The van der Waals surface area contributed by atoms with Crippen LogP contribution in [-0.2, 0) is 14.8 Å². The van der Waals surface area contributed by atoms with Gasteiger partial charge in [0, 0.05) is 18.8 Å². The molecule has 1 aliphatic heterocycles. The lowest BCUT2D eigenvalue weighted by Gasteiger charge is -2.33. The van der Waals surface area contributed by atoms with Gasteiger partial charge in [-0.3, -0.25) is 0 Å². The highest BCUT2D eigenvalue weighted by atomic mass is 32.2. The van der Waals surface area contributed by atoms with Crippen molar-refractivity contribution in [2.24, 2.45) is 0 Å². The molecule has 1 fully saturated rings. The summed E-state index contributed by atoms with van der Waals surface area (Å²) in [7, 11) is -2.01. The molecule has 1 atom stereocenters. The van der Waals surface area contributed by atoms with E-state index in [1.165, 1.54) is 7.05 Å². The second kappa shape index (κ2) is 5.87. The number of aliphatic hydroxyl groups excluding tert-OH is 1. The highest BCUT2D eigenvalue weighted by molar-refractivity contribution is 7.89. The van der Waals surface area contributed by atoms with Crippen molar-refractivity contribution >= 4 is 15.7 Å². The summed E-state index contributed by atoms with van der Waals surface area (Å²) in [4.78, 5) is 2.31. The Kier molecular flexibility index (Phi) is 4.41. The van der Waals surface area contributed by atoms with Crippen molar-refractivity contribution in [2.45, 2.75) is 11.0 Å². The highest BCUT2D eigenvalue weighted by Gasteiger charge is 2.20. The first-order valence-corrected chi connectivity index (χ1v) is 7.56. The largest absolute Gasteiger partial charge is 0.394 e. The zero-order chi connectivity index (χ0) is 13.9. The van der Waals surface area contributed by atoms with E-state index in [4.69, 9.17) is 9.84 Å². The van der Waals surface area contributed by atoms with E-state index in [-0.39, 0.29) is 17.6 Å². The summed E-state index contributed by atoms with van der Waals surface area (Å²) in [5, 5.41) is 9.10. The van der Waals surface area contributed by atoms with Gasteiger partial charge < -0.3 is 14.7 Å². The SMILES string of the molecule is CNS(=O)(=O)c1ccc(N2CCOC(CO)C2)cc1. The van der Waals surface area contributed by atoms with Crippen LogP contribution in [0, 0.1) is 0 Å². The molecule has 0 aliphatic carbocycles. The van der Waals surface area contributed by atoms with E-state index in [2.05, 4.69) is 9.62 Å². The molecule has 1 aromatic carbocycles. The van der Waals surface area contributed by atoms with Crippen LogP contribution >= 0.6 is 0 Å². The van der Waals surface area contributed by atoms with Gasteiger partial charge in [0.15, 0.2) is 0 Å². The van der Waals surface area contributed by atoms with Crippen molar-refractivity contribution in [1.29, 1.82) is 0 Å². The van der Waals surface area contributed by atoms with Gasteiger partial charge in [-0.2, -0.15) is 0 Å². The molecule has 1 unspecified atom stereocenters. The molecular weight excluding hydrogens is 268 g/mol. The number of rotatable bonds is 4. The second-order valence-corrected chi connectivity index (χ2v) is 6.21. The molecule has 1 aromatic rings. The molecule has 0 radical (unpaired) electrons. The van der Waals surface area contributed by atoms with Crippen LogP contribution in [0.15, 0.2) is 29.2 Å². The normalized spacial score (nSPS) is 20.5. The van der Waals surface area contributed by atoms with Crippen LogP contribution in [0.2, 0.25) is 0 Å². The maximum absolute atomic E-state index is 11.6. The fraction of sp³-hybridized carbons (Fsp3) is 0.500. The van der Waals surface area contributed by atoms with Gasteiger partial charge in [0.2, 0.25) is 10.0 Å². The van der Waals surface area contributed by atoms with Gasteiger partial charge in [0.25, 0.3) is 0 Å². The van der Waals surface area contributed by atoms with E-state index in [0.717, 1.165) is 12.2 Å². The molecule has 1 saturated heterocycles. The van der Waals surface area contributed by atoms with Crippen molar-refractivity contribution in [1.82, 2.24) is 4.72 Å². The molecule has 0 saturated carbocycles. The van der Waals surface area contributed by atoms with Gasteiger partial charge in [0.1, 0.15) is 0 Å². The van der Waals surface area contributed by atoms with Crippen molar-refractivity contribution in [3.63, 3.8) is 0 Å². The summed E-state index contributed by atoms with van der Waals surface area (Å²) in [5.74, 6) is 0. The summed E-state index contributed by atoms with van der Waals surface area (Å²) in [6, 6.07) is 6.68. The second-order valence-electron chi connectivity index (χ2n) is 4.32. The van der Waals surface area contributed by atoms with Gasteiger partial charge >= 0.3 is 0 Å².